The average molecular weight is 543 g/mol. The van der Waals surface area contributed by atoms with Crippen LogP contribution < -0.4 is 0 Å². The fourth-order valence-corrected chi connectivity index (χ4v) is 8.37. The molecule has 0 unspecified atom stereocenters. The standard InChI is InChI=1S/C43H26/c1-4-14-31-27(11-1)22-24-40-42(31)36-23-21-29(37-25-28-12-2-3-13-30(28)32-15-5-6-16-33(32)37)26-41(36)43(40)38-19-9-7-17-34(38)35-18-8-10-20-39(35)43/h1-26H. The maximum Gasteiger partial charge on any atom is 0.0725 e. The number of rotatable bonds is 1. The Hall–Kier alpha value is -5.46. The Morgan fingerprint density at radius 2 is 0.907 bits per heavy atom. The molecule has 0 radical (unpaired) electrons. The summed E-state index contributed by atoms with van der Waals surface area (Å²) in [6.45, 7) is 0. The van der Waals surface area contributed by atoms with E-state index < -0.39 is 0 Å². The van der Waals surface area contributed by atoms with Gasteiger partial charge in [-0.25, -0.2) is 0 Å². The maximum absolute atomic E-state index is 2.51. The molecule has 0 saturated heterocycles. The van der Waals surface area contributed by atoms with Crippen molar-refractivity contribution in [3.8, 4) is 33.4 Å². The van der Waals surface area contributed by atoms with Crippen LogP contribution in [0.3, 0.4) is 0 Å². The minimum atomic E-state index is -0.370. The smallest absolute Gasteiger partial charge is 0.0619 e. The lowest BCUT2D eigenvalue weighted by Gasteiger charge is -2.31. The van der Waals surface area contributed by atoms with E-state index in [0.29, 0.717) is 0 Å². The Morgan fingerprint density at radius 3 is 1.67 bits per heavy atom. The Morgan fingerprint density at radius 1 is 0.302 bits per heavy atom. The molecule has 0 fully saturated rings. The molecule has 0 atom stereocenters. The monoisotopic (exact) mass is 542 g/mol. The summed E-state index contributed by atoms with van der Waals surface area (Å²) >= 11 is 0. The molecule has 10 rings (SSSR count). The molecule has 1 spiro atoms. The highest BCUT2D eigenvalue weighted by molar-refractivity contribution is 6.14. The molecular weight excluding hydrogens is 516 g/mol. The molecular formula is C43H26. The van der Waals surface area contributed by atoms with E-state index in [9.17, 15) is 0 Å². The van der Waals surface area contributed by atoms with Gasteiger partial charge >= 0.3 is 0 Å². The van der Waals surface area contributed by atoms with Crippen LogP contribution in [0.1, 0.15) is 22.3 Å². The molecule has 8 aromatic carbocycles. The molecule has 0 nitrogen and oxygen atoms in total. The molecule has 0 N–H and O–H groups in total. The van der Waals surface area contributed by atoms with E-state index in [-0.39, 0.29) is 5.41 Å². The topological polar surface area (TPSA) is 0 Å². The van der Waals surface area contributed by atoms with Gasteiger partial charge in [0.1, 0.15) is 0 Å². The molecule has 0 bridgehead atoms. The van der Waals surface area contributed by atoms with Gasteiger partial charge in [0.05, 0.1) is 5.41 Å². The zero-order valence-electron chi connectivity index (χ0n) is 23.5. The molecule has 0 saturated carbocycles. The van der Waals surface area contributed by atoms with E-state index >= 15 is 0 Å². The van der Waals surface area contributed by atoms with Gasteiger partial charge in [0, 0.05) is 0 Å². The fraction of sp³-hybridized carbons (Fsp3) is 0.0233. The quantitative estimate of drug-likeness (QED) is 0.181. The fourth-order valence-electron chi connectivity index (χ4n) is 8.37. The first kappa shape index (κ1) is 23.1. The molecule has 0 heteroatoms. The first-order chi connectivity index (χ1) is 21.3. The van der Waals surface area contributed by atoms with E-state index in [2.05, 4.69) is 158 Å². The number of fused-ring (bicyclic) bond motifs is 15. The Kier molecular flexibility index (Phi) is 4.47. The summed E-state index contributed by atoms with van der Waals surface area (Å²) in [7, 11) is 0. The second-order valence-electron chi connectivity index (χ2n) is 12.0. The molecule has 8 aromatic rings. The van der Waals surface area contributed by atoms with Crippen LogP contribution in [0.4, 0.5) is 0 Å². The van der Waals surface area contributed by atoms with Gasteiger partial charge in [-0.2, -0.15) is 0 Å². The molecule has 0 aromatic heterocycles. The predicted octanol–water partition coefficient (Wildman–Crippen LogP) is 11.2. The maximum atomic E-state index is 2.51. The third-order valence-corrected chi connectivity index (χ3v) is 10.1. The summed E-state index contributed by atoms with van der Waals surface area (Å²) < 4.78 is 0. The summed E-state index contributed by atoms with van der Waals surface area (Å²) in [5, 5.41) is 7.78. The second kappa shape index (κ2) is 8.31. The van der Waals surface area contributed by atoms with E-state index in [0.717, 1.165) is 0 Å². The van der Waals surface area contributed by atoms with Gasteiger partial charge in [0.25, 0.3) is 0 Å². The summed E-state index contributed by atoms with van der Waals surface area (Å²) in [6, 6.07) is 59.0. The lowest BCUT2D eigenvalue weighted by molar-refractivity contribution is 0.795. The Balaban J connectivity index is 1.36. The summed E-state index contributed by atoms with van der Waals surface area (Å²) in [5.41, 5.74) is 13.1. The van der Waals surface area contributed by atoms with Crippen molar-refractivity contribution in [1.29, 1.82) is 0 Å². The highest BCUT2D eigenvalue weighted by atomic mass is 14.5. The van der Waals surface area contributed by atoms with Crippen molar-refractivity contribution in [3.63, 3.8) is 0 Å². The highest BCUT2D eigenvalue weighted by Gasteiger charge is 2.52. The zero-order chi connectivity index (χ0) is 28.1. The van der Waals surface area contributed by atoms with Crippen LogP contribution in [0, 0.1) is 0 Å². The Labute approximate surface area is 250 Å². The van der Waals surface area contributed by atoms with Crippen LogP contribution in [0.15, 0.2) is 158 Å². The summed E-state index contributed by atoms with van der Waals surface area (Å²) in [6.07, 6.45) is 0. The number of hydrogen-bond donors (Lipinski definition) is 0. The van der Waals surface area contributed by atoms with Gasteiger partial charge in [-0.3, -0.25) is 0 Å². The average Bonchev–Trinajstić information content (AvgIpc) is 3.55. The van der Waals surface area contributed by atoms with Crippen LogP contribution in [0.25, 0.3) is 65.7 Å². The van der Waals surface area contributed by atoms with Gasteiger partial charge in [-0.15, -0.1) is 0 Å². The first-order valence-electron chi connectivity index (χ1n) is 15.1. The van der Waals surface area contributed by atoms with E-state index in [4.69, 9.17) is 0 Å². The van der Waals surface area contributed by atoms with Gasteiger partial charge in [0.15, 0.2) is 0 Å². The second-order valence-corrected chi connectivity index (χ2v) is 12.0. The van der Waals surface area contributed by atoms with Crippen molar-refractivity contribution in [1.82, 2.24) is 0 Å². The van der Waals surface area contributed by atoms with Crippen molar-refractivity contribution in [2.24, 2.45) is 0 Å². The SMILES string of the molecule is c1ccc2c(c1)-c1ccccc1C21c2cc(-c3cc4ccccc4c4ccccc34)ccc2-c2c1ccc1ccccc21. The molecule has 2 aliphatic carbocycles. The molecule has 2 aliphatic rings. The van der Waals surface area contributed by atoms with Crippen molar-refractivity contribution in [2.45, 2.75) is 5.41 Å². The normalized spacial score (nSPS) is 13.8. The van der Waals surface area contributed by atoms with E-state index in [1.54, 1.807) is 0 Å². The third-order valence-electron chi connectivity index (χ3n) is 10.1. The number of benzene rings is 8. The van der Waals surface area contributed by atoms with Crippen LogP contribution in [-0.4, -0.2) is 0 Å². The lowest BCUT2D eigenvalue weighted by atomic mass is 9.70. The predicted molar refractivity (Wildman–Crippen MR) is 181 cm³/mol. The minimum Gasteiger partial charge on any atom is -0.0619 e. The van der Waals surface area contributed by atoms with Gasteiger partial charge < -0.3 is 0 Å². The van der Waals surface area contributed by atoms with Crippen molar-refractivity contribution >= 4 is 32.3 Å². The molecule has 43 heavy (non-hydrogen) atoms. The number of hydrogen-bond acceptors (Lipinski definition) is 0. The lowest BCUT2D eigenvalue weighted by Crippen LogP contribution is -2.25. The first-order valence-corrected chi connectivity index (χ1v) is 15.1. The van der Waals surface area contributed by atoms with Crippen LogP contribution >= 0.6 is 0 Å². The van der Waals surface area contributed by atoms with Crippen LogP contribution in [-0.2, 0) is 5.41 Å². The third kappa shape index (κ3) is 2.86. The van der Waals surface area contributed by atoms with Crippen molar-refractivity contribution in [3.05, 3.63) is 180 Å². The zero-order valence-corrected chi connectivity index (χ0v) is 23.5. The molecule has 0 aliphatic heterocycles. The highest BCUT2D eigenvalue weighted by Crippen LogP contribution is 2.64. The summed E-state index contributed by atoms with van der Waals surface area (Å²) in [5.74, 6) is 0. The van der Waals surface area contributed by atoms with Crippen LogP contribution in [0.5, 0.6) is 0 Å². The van der Waals surface area contributed by atoms with Crippen LogP contribution in [0.2, 0.25) is 0 Å². The molecule has 0 heterocycles. The van der Waals surface area contributed by atoms with Crippen molar-refractivity contribution < 1.29 is 0 Å². The van der Waals surface area contributed by atoms with E-state index in [1.807, 2.05) is 0 Å². The van der Waals surface area contributed by atoms with E-state index in [1.165, 1.54) is 88.0 Å². The molecule has 0 amide bonds. The largest absolute Gasteiger partial charge is 0.0725 e. The minimum absolute atomic E-state index is 0.370. The van der Waals surface area contributed by atoms with Crippen molar-refractivity contribution in [2.75, 3.05) is 0 Å². The molecule has 198 valence electrons. The van der Waals surface area contributed by atoms with Gasteiger partial charge in [-0.05, 0) is 100 Å². The van der Waals surface area contributed by atoms with Gasteiger partial charge in [-0.1, -0.05) is 146 Å². The summed E-state index contributed by atoms with van der Waals surface area (Å²) in [4.78, 5) is 0. The Bertz CT molecular complexity index is 2410. The van der Waals surface area contributed by atoms with Gasteiger partial charge in [0.2, 0.25) is 0 Å².